The number of aliphatic hydroxyl groups is 2. The molecule has 8 nitrogen and oxygen atoms in total. The largest absolute Gasteiger partial charge is 0.473 e. The topological polar surface area (TPSA) is 113 Å². The fourth-order valence-corrected chi connectivity index (χ4v) is 2.35. The summed E-state index contributed by atoms with van der Waals surface area (Å²) in [4.78, 5) is 21.4. The molecule has 3 atom stereocenters. The van der Waals surface area contributed by atoms with Gasteiger partial charge in [0.15, 0.2) is 11.9 Å². The lowest BCUT2D eigenvalue weighted by Gasteiger charge is -2.25. The fourth-order valence-electron chi connectivity index (χ4n) is 1.43. The first kappa shape index (κ1) is 20.7. The Morgan fingerprint density at radius 2 is 1.90 bits per heavy atom. The van der Waals surface area contributed by atoms with E-state index >= 15 is 0 Å². The van der Waals surface area contributed by atoms with Crippen LogP contribution in [-0.2, 0) is 18.4 Å². The van der Waals surface area contributed by atoms with Gasteiger partial charge in [-0.25, -0.2) is 4.57 Å². The third-order valence-electron chi connectivity index (χ3n) is 2.61. The van der Waals surface area contributed by atoms with Crippen LogP contribution in [0.4, 0.5) is 0 Å². The summed E-state index contributed by atoms with van der Waals surface area (Å²) in [5.74, 6) is -0.552. The molecule has 3 N–H and O–H groups in total. The predicted octanol–water partition coefficient (Wildman–Crippen LogP) is -0.0828. The molecule has 126 valence electrons. The van der Waals surface area contributed by atoms with Crippen molar-refractivity contribution in [1.82, 2.24) is 0 Å². The normalized spacial score (nSPS) is 18.0. The zero-order valence-corrected chi connectivity index (χ0v) is 14.0. The van der Waals surface area contributed by atoms with E-state index in [4.69, 9.17) is 14.2 Å². The van der Waals surface area contributed by atoms with Gasteiger partial charge >= 0.3 is 7.82 Å². The lowest BCUT2D eigenvalue weighted by atomic mass is 10.1. The van der Waals surface area contributed by atoms with Crippen LogP contribution in [0.1, 0.15) is 19.8 Å². The monoisotopic (exact) mass is 328 g/mol. The van der Waals surface area contributed by atoms with Crippen LogP contribution in [0.5, 0.6) is 0 Å². The van der Waals surface area contributed by atoms with Gasteiger partial charge in [-0.3, -0.25) is 13.8 Å². The minimum Gasteiger partial charge on any atom is -0.394 e. The summed E-state index contributed by atoms with van der Waals surface area (Å²) in [5.41, 5.74) is 0. The Balaban J connectivity index is 4.66. The summed E-state index contributed by atoms with van der Waals surface area (Å²) >= 11 is 0. The van der Waals surface area contributed by atoms with Crippen LogP contribution < -0.4 is 0 Å². The van der Waals surface area contributed by atoms with Crippen molar-refractivity contribution in [1.29, 1.82) is 0 Å². The van der Waals surface area contributed by atoms with Gasteiger partial charge in [0.05, 0.1) is 27.7 Å². The first-order valence-electron chi connectivity index (χ1n) is 6.80. The van der Waals surface area contributed by atoms with Crippen LogP contribution in [0.3, 0.4) is 0 Å². The third-order valence-corrected chi connectivity index (χ3v) is 3.62. The fraction of sp³-hybridized carbons (Fsp3) is 0.917. The molecule has 0 saturated carbocycles. The molecule has 9 heteroatoms. The molecule has 2 unspecified atom stereocenters. The van der Waals surface area contributed by atoms with Crippen molar-refractivity contribution in [2.24, 2.45) is 0 Å². The van der Waals surface area contributed by atoms with Crippen molar-refractivity contribution in [3.63, 3.8) is 0 Å². The van der Waals surface area contributed by atoms with Crippen LogP contribution in [-0.4, -0.2) is 78.5 Å². The van der Waals surface area contributed by atoms with E-state index < -0.39 is 32.4 Å². The van der Waals surface area contributed by atoms with Crippen molar-refractivity contribution in [3.05, 3.63) is 0 Å². The number of likely N-dealkylation sites (N-methyl/N-ethyl adjacent to an activating group) is 1. The number of hydrogen-bond acceptors (Lipinski definition) is 6. The maximum absolute atomic E-state index is 11.8. The lowest BCUT2D eigenvalue weighted by molar-refractivity contribution is -0.870. The standard InChI is InChI=1S/C12H26NO7P/c1-5-6-10(15)12(11(16)9-14)20-21(17,18)19-8-7-13(2,3)4/h11-12,14,16H,5-9H2,1-4H3/p+1/t11-,12?/m0/s1. The molecule has 0 saturated heterocycles. The van der Waals surface area contributed by atoms with Crippen molar-refractivity contribution < 1.29 is 38.0 Å². The quantitative estimate of drug-likeness (QED) is 0.359. The highest BCUT2D eigenvalue weighted by Gasteiger charge is 2.35. The van der Waals surface area contributed by atoms with Gasteiger partial charge in [-0.15, -0.1) is 0 Å². The molecular formula is C12H27NO7P+. The van der Waals surface area contributed by atoms with Crippen molar-refractivity contribution in [2.45, 2.75) is 32.0 Å². The van der Waals surface area contributed by atoms with E-state index in [1.54, 1.807) is 6.92 Å². The molecule has 0 aromatic heterocycles. The molecule has 0 aromatic rings. The molecule has 21 heavy (non-hydrogen) atoms. The summed E-state index contributed by atoms with van der Waals surface area (Å²) in [6.45, 7) is 1.42. The summed E-state index contributed by atoms with van der Waals surface area (Å²) < 4.78 is 21.9. The van der Waals surface area contributed by atoms with E-state index in [-0.39, 0.29) is 13.0 Å². The maximum atomic E-state index is 11.8. The van der Waals surface area contributed by atoms with Gasteiger partial charge in [0.2, 0.25) is 0 Å². The van der Waals surface area contributed by atoms with Crippen LogP contribution in [0.25, 0.3) is 0 Å². The molecule has 0 aliphatic rings. The minimum absolute atomic E-state index is 0.0405. The van der Waals surface area contributed by atoms with Crippen molar-refractivity contribution in [3.8, 4) is 0 Å². The summed E-state index contributed by atoms with van der Waals surface area (Å²) in [6.07, 6.45) is -2.57. The third kappa shape index (κ3) is 9.31. The molecule has 0 radical (unpaired) electrons. The van der Waals surface area contributed by atoms with Crippen LogP contribution in [0, 0.1) is 0 Å². The SMILES string of the molecule is CCCC(=O)C(OP(=O)(O)OCC[N+](C)(C)C)[C@@H](O)CO. The van der Waals surface area contributed by atoms with Crippen molar-refractivity contribution in [2.75, 3.05) is 40.9 Å². The van der Waals surface area contributed by atoms with E-state index in [9.17, 15) is 19.4 Å². The van der Waals surface area contributed by atoms with Gasteiger partial charge in [-0.05, 0) is 6.42 Å². The second-order valence-corrected chi connectivity index (χ2v) is 7.21. The number of carbonyl (C=O) groups excluding carboxylic acids is 1. The number of carbonyl (C=O) groups is 1. The molecule has 0 aliphatic heterocycles. The number of phosphoric ester groups is 1. The molecule has 0 aromatic carbocycles. The van der Waals surface area contributed by atoms with E-state index in [0.29, 0.717) is 17.4 Å². The molecular weight excluding hydrogens is 301 g/mol. The first-order chi connectivity index (χ1) is 9.52. The Kier molecular flexibility index (Phi) is 8.80. The number of hydrogen-bond donors (Lipinski definition) is 3. The van der Waals surface area contributed by atoms with Gasteiger partial charge < -0.3 is 19.6 Å². The molecule has 0 fully saturated rings. The van der Waals surface area contributed by atoms with Gasteiger partial charge in [-0.1, -0.05) is 6.92 Å². The zero-order chi connectivity index (χ0) is 16.7. The molecule has 0 bridgehead atoms. The smallest absolute Gasteiger partial charge is 0.394 e. The summed E-state index contributed by atoms with van der Waals surface area (Å²) in [5, 5.41) is 18.5. The number of Topliss-reactive ketones (excluding diaryl/α,β-unsaturated/α-hetero) is 1. The zero-order valence-electron chi connectivity index (χ0n) is 13.1. The highest BCUT2D eigenvalue weighted by molar-refractivity contribution is 7.47. The average molecular weight is 328 g/mol. The minimum atomic E-state index is -4.48. The highest BCUT2D eigenvalue weighted by Crippen LogP contribution is 2.45. The van der Waals surface area contributed by atoms with E-state index in [1.807, 2.05) is 21.1 Å². The number of ketones is 1. The predicted molar refractivity (Wildman–Crippen MR) is 76.6 cm³/mol. The lowest BCUT2D eigenvalue weighted by Crippen LogP contribution is -2.39. The molecule has 0 heterocycles. The summed E-state index contributed by atoms with van der Waals surface area (Å²) in [6, 6.07) is 0. The van der Waals surface area contributed by atoms with E-state index in [2.05, 4.69) is 0 Å². The molecule has 0 spiro atoms. The second kappa shape index (κ2) is 8.95. The van der Waals surface area contributed by atoms with Crippen molar-refractivity contribution >= 4 is 13.6 Å². The Morgan fingerprint density at radius 1 is 1.33 bits per heavy atom. The van der Waals surface area contributed by atoms with E-state index in [0.717, 1.165) is 0 Å². The molecule has 0 rings (SSSR count). The second-order valence-electron chi connectivity index (χ2n) is 5.81. The maximum Gasteiger partial charge on any atom is 0.473 e. The van der Waals surface area contributed by atoms with Crippen LogP contribution in [0.2, 0.25) is 0 Å². The number of phosphoric acid groups is 1. The number of quaternary nitrogens is 1. The Hall–Kier alpha value is -0.340. The van der Waals surface area contributed by atoms with Gasteiger partial charge in [0.25, 0.3) is 0 Å². The van der Waals surface area contributed by atoms with E-state index in [1.165, 1.54) is 0 Å². The van der Waals surface area contributed by atoms with Gasteiger partial charge in [0, 0.05) is 6.42 Å². The highest BCUT2D eigenvalue weighted by atomic mass is 31.2. The average Bonchev–Trinajstić information content (AvgIpc) is 2.33. The number of rotatable bonds is 11. The van der Waals surface area contributed by atoms with Gasteiger partial charge in [-0.2, -0.15) is 0 Å². The summed E-state index contributed by atoms with van der Waals surface area (Å²) in [7, 11) is 1.17. The number of aliphatic hydroxyl groups excluding tert-OH is 2. The Morgan fingerprint density at radius 3 is 2.33 bits per heavy atom. The number of nitrogens with zero attached hydrogens (tertiary/aromatic N) is 1. The molecule has 0 amide bonds. The molecule has 0 aliphatic carbocycles. The first-order valence-corrected chi connectivity index (χ1v) is 8.29. The van der Waals surface area contributed by atoms with Gasteiger partial charge in [0.1, 0.15) is 19.3 Å². The Bertz CT molecular complexity index is 369. The van der Waals surface area contributed by atoms with Crippen LogP contribution >= 0.6 is 7.82 Å². The van der Waals surface area contributed by atoms with Crippen LogP contribution in [0.15, 0.2) is 0 Å². The Labute approximate surface area is 125 Å².